The quantitative estimate of drug-likeness (QED) is 0.595. The van der Waals surface area contributed by atoms with Crippen LogP contribution in [0.15, 0.2) is 65.7 Å². The summed E-state index contributed by atoms with van der Waals surface area (Å²) in [6.07, 6.45) is -5.63. The van der Waals surface area contributed by atoms with Crippen molar-refractivity contribution < 1.29 is 32.9 Å². The number of ether oxygens (including phenoxy) is 1. The van der Waals surface area contributed by atoms with Gasteiger partial charge in [-0.2, -0.15) is 13.2 Å². The minimum Gasteiger partial charge on any atom is -0.457 e. The Kier molecular flexibility index (Phi) is 6.19. The summed E-state index contributed by atoms with van der Waals surface area (Å²) in [6, 6.07) is 14.3. The van der Waals surface area contributed by atoms with Crippen LogP contribution in [-0.4, -0.2) is 34.5 Å². The molecule has 0 saturated carbocycles. The third-order valence-electron chi connectivity index (χ3n) is 4.43. The molecule has 0 aliphatic heterocycles. The van der Waals surface area contributed by atoms with Gasteiger partial charge in [0.25, 0.3) is 5.91 Å². The van der Waals surface area contributed by atoms with E-state index in [-0.39, 0.29) is 17.0 Å². The lowest BCUT2D eigenvalue weighted by atomic mass is 10.1. The monoisotopic (exact) mass is 417 g/mol. The fourth-order valence-electron chi connectivity index (χ4n) is 2.75. The first-order chi connectivity index (χ1) is 14.2. The number of aliphatic imine (C=N–C) groups is 1. The number of carbonyl (C=O) groups excluding carboxylic acids is 1. The van der Waals surface area contributed by atoms with Gasteiger partial charge in [0.15, 0.2) is 0 Å². The number of rotatable bonds is 5. The van der Waals surface area contributed by atoms with E-state index in [9.17, 15) is 23.1 Å². The Balaban J connectivity index is 1.87. The zero-order chi connectivity index (χ0) is 21.9. The first-order valence-electron chi connectivity index (χ1n) is 8.95. The third-order valence-corrected chi connectivity index (χ3v) is 4.43. The topological polar surface area (TPSA) is 79.1 Å². The fourth-order valence-corrected chi connectivity index (χ4v) is 2.75. The average Bonchev–Trinajstić information content (AvgIpc) is 2.72. The Morgan fingerprint density at radius 2 is 1.80 bits per heavy atom. The first-order valence-corrected chi connectivity index (χ1v) is 8.95. The van der Waals surface area contributed by atoms with E-state index in [4.69, 9.17) is 9.84 Å². The normalized spacial score (nSPS) is 13.3. The van der Waals surface area contributed by atoms with Gasteiger partial charge >= 0.3 is 6.18 Å². The van der Waals surface area contributed by atoms with Gasteiger partial charge in [-0.05, 0) is 60.8 Å². The van der Waals surface area contributed by atoms with E-state index in [1.807, 2.05) is 0 Å². The van der Waals surface area contributed by atoms with Crippen molar-refractivity contribution in [1.82, 2.24) is 0 Å². The molecule has 2 N–H and O–H groups in total. The van der Waals surface area contributed by atoms with Gasteiger partial charge < -0.3 is 14.9 Å². The maximum absolute atomic E-state index is 12.7. The summed E-state index contributed by atoms with van der Waals surface area (Å²) in [4.78, 5) is 16.1. The van der Waals surface area contributed by atoms with Gasteiger partial charge in [0.05, 0.1) is 12.2 Å². The molecule has 0 aromatic heterocycles. The highest BCUT2D eigenvalue weighted by molar-refractivity contribution is 6.06. The second-order valence-corrected chi connectivity index (χ2v) is 6.57. The molecule has 3 rings (SSSR count). The number of aliphatic hydroxyl groups excluding tert-OH is 2. The van der Waals surface area contributed by atoms with Crippen molar-refractivity contribution in [2.75, 3.05) is 6.61 Å². The van der Waals surface area contributed by atoms with Gasteiger partial charge in [-0.1, -0.05) is 12.1 Å². The van der Waals surface area contributed by atoms with Crippen LogP contribution in [0, 0.1) is 0 Å². The van der Waals surface area contributed by atoms with Crippen molar-refractivity contribution in [2.45, 2.75) is 19.2 Å². The summed E-state index contributed by atoms with van der Waals surface area (Å²) in [5.74, 6) is 0.0893. The summed E-state index contributed by atoms with van der Waals surface area (Å²) in [6.45, 7) is 0.904. The molecule has 0 unspecified atom stereocenters. The molecule has 0 heterocycles. The van der Waals surface area contributed by atoms with Crippen molar-refractivity contribution in [3.63, 3.8) is 0 Å². The zero-order valence-electron chi connectivity index (χ0n) is 15.8. The number of nitrogens with zero attached hydrogens (tertiary/aromatic N) is 1. The van der Waals surface area contributed by atoms with Crippen LogP contribution >= 0.6 is 0 Å². The van der Waals surface area contributed by atoms with E-state index in [0.29, 0.717) is 16.5 Å². The highest BCUT2D eigenvalue weighted by Gasteiger charge is 2.30. The lowest BCUT2D eigenvalue weighted by Gasteiger charge is -2.11. The molecule has 156 valence electrons. The molecule has 1 amide bonds. The van der Waals surface area contributed by atoms with Gasteiger partial charge in [-0.15, -0.1) is 0 Å². The average molecular weight is 417 g/mol. The smallest absolute Gasteiger partial charge is 0.416 e. The SMILES string of the molecule is C/C(=N\C(=O)c1ccc2c(Oc3ccc(C(F)(F)F)cc3)cccc2c1)[C@H](O)CO. The molecule has 30 heavy (non-hydrogen) atoms. The minimum atomic E-state index is -4.42. The zero-order valence-corrected chi connectivity index (χ0v) is 15.8. The van der Waals surface area contributed by atoms with Crippen LogP contribution in [0.4, 0.5) is 13.2 Å². The Morgan fingerprint density at radius 3 is 2.43 bits per heavy atom. The van der Waals surface area contributed by atoms with Crippen molar-refractivity contribution in [1.29, 1.82) is 0 Å². The maximum Gasteiger partial charge on any atom is 0.416 e. The van der Waals surface area contributed by atoms with Gasteiger partial charge in [-0.25, -0.2) is 4.99 Å². The standard InChI is InChI=1S/C22H18F3NO4/c1-13(19(28)12-27)26-21(29)15-5-10-18-14(11-15)3-2-4-20(18)30-17-8-6-16(7-9-17)22(23,24)25/h2-11,19,27-28H,12H2,1H3/b26-13+/t19-/m1/s1. The number of hydrogen-bond acceptors (Lipinski definition) is 4. The maximum atomic E-state index is 12.7. The second kappa shape index (κ2) is 8.64. The number of aliphatic hydroxyl groups is 2. The summed E-state index contributed by atoms with van der Waals surface area (Å²) >= 11 is 0. The van der Waals surface area contributed by atoms with Crippen LogP contribution in [-0.2, 0) is 6.18 Å². The van der Waals surface area contributed by atoms with Crippen LogP contribution in [0.25, 0.3) is 10.8 Å². The Labute approximate surface area is 170 Å². The number of fused-ring (bicyclic) bond motifs is 1. The Morgan fingerprint density at radius 1 is 1.10 bits per heavy atom. The molecule has 0 bridgehead atoms. The van der Waals surface area contributed by atoms with Gasteiger partial charge in [-0.3, -0.25) is 4.79 Å². The van der Waals surface area contributed by atoms with Crippen molar-refractivity contribution in [3.8, 4) is 11.5 Å². The van der Waals surface area contributed by atoms with Crippen LogP contribution in [0.5, 0.6) is 11.5 Å². The largest absolute Gasteiger partial charge is 0.457 e. The van der Waals surface area contributed by atoms with Crippen LogP contribution < -0.4 is 4.74 Å². The molecule has 0 aliphatic rings. The van der Waals surface area contributed by atoms with E-state index < -0.39 is 30.4 Å². The number of carbonyl (C=O) groups is 1. The molecule has 5 nitrogen and oxygen atoms in total. The van der Waals surface area contributed by atoms with Crippen LogP contribution in [0.2, 0.25) is 0 Å². The molecule has 0 aliphatic carbocycles. The summed E-state index contributed by atoms with van der Waals surface area (Å²) in [7, 11) is 0. The molecular weight excluding hydrogens is 399 g/mol. The molecule has 0 fully saturated rings. The molecule has 0 saturated heterocycles. The number of amides is 1. The minimum absolute atomic E-state index is 0.0991. The van der Waals surface area contributed by atoms with E-state index in [1.54, 1.807) is 30.3 Å². The van der Waals surface area contributed by atoms with Gasteiger partial charge in [0.2, 0.25) is 0 Å². The number of benzene rings is 3. The highest BCUT2D eigenvalue weighted by atomic mass is 19.4. The molecule has 1 atom stereocenters. The molecular formula is C22H18F3NO4. The predicted molar refractivity (Wildman–Crippen MR) is 106 cm³/mol. The number of halogens is 3. The molecule has 0 radical (unpaired) electrons. The van der Waals surface area contributed by atoms with Crippen molar-refractivity contribution in [2.24, 2.45) is 4.99 Å². The Hall–Kier alpha value is -3.23. The Bertz CT molecular complexity index is 1090. The summed E-state index contributed by atoms with van der Waals surface area (Å²) in [5, 5.41) is 19.8. The molecule has 3 aromatic carbocycles. The van der Waals surface area contributed by atoms with Crippen LogP contribution in [0.1, 0.15) is 22.8 Å². The molecule has 0 spiro atoms. The van der Waals surface area contributed by atoms with Gasteiger partial charge in [0, 0.05) is 16.7 Å². The summed E-state index contributed by atoms with van der Waals surface area (Å²) in [5.41, 5.74) is -0.390. The molecule has 3 aromatic rings. The fraction of sp³-hybridized carbons (Fsp3) is 0.182. The highest BCUT2D eigenvalue weighted by Crippen LogP contribution is 2.33. The van der Waals surface area contributed by atoms with Gasteiger partial charge in [0.1, 0.15) is 17.6 Å². The van der Waals surface area contributed by atoms with E-state index in [2.05, 4.69) is 4.99 Å². The van der Waals surface area contributed by atoms with Crippen LogP contribution in [0.3, 0.4) is 0 Å². The first kappa shape index (κ1) is 21.5. The lowest BCUT2D eigenvalue weighted by Crippen LogP contribution is -2.22. The lowest BCUT2D eigenvalue weighted by molar-refractivity contribution is -0.137. The third kappa shape index (κ3) is 4.84. The predicted octanol–water partition coefficient (Wildman–Crippen LogP) is 4.61. The second-order valence-electron chi connectivity index (χ2n) is 6.57. The number of hydrogen-bond donors (Lipinski definition) is 2. The van der Waals surface area contributed by atoms with E-state index >= 15 is 0 Å². The van der Waals surface area contributed by atoms with Crippen molar-refractivity contribution >= 4 is 22.4 Å². The molecule has 8 heteroatoms. The van der Waals surface area contributed by atoms with E-state index in [1.165, 1.54) is 25.1 Å². The van der Waals surface area contributed by atoms with E-state index in [0.717, 1.165) is 12.1 Å². The summed E-state index contributed by atoms with van der Waals surface area (Å²) < 4.78 is 43.8. The van der Waals surface area contributed by atoms with Crippen molar-refractivity contribution in [3.05, 3.63) is 71.8 Å². The number of alkyl halides is 3.